The van der Waals surface area contributed by atoms with E-state index in [1.165, 1.54) is 12.1 Å². The van der Waals surface area contributed by atoms with Crippen molar-refractivity contribution in [1.82, 2.24) is 10.2 Å². The van der Waals surface area contributed by atoms with E-state index in [0.717, 1.165) is 32.5 Å². The van der Waals surface area contributed by atoms with Crippen LogP contribution in [0.2, 0.25) is 0 Å². The lowest BCUT2D eigenvalue weighted by atomic mass is 9.96. The molecular formula is C16H22BrFN2O. The van der Waals surface area contributed by atoms with E-state index in [0.29, 0.717) is 16.0 Å². The van der Waals surface area contributed by atoms with Crippen molar-refractivity contribution in [2.45, 2.75) is 32.7 Å². The van der Waals surface area contributed by atoms with Gasteiger partial charge < -0.3 is 10.2 Å². The van der Waals surface area contributed by atoms with Crippen LogP contribution in [0, 0.1) is 11.7 Å². The molecule has 1 amide bonds. The molecule has 1 aromatic rings. The molecular weight excluding hydrogens is 335 g/mol. The van der Waals surface area contributed by atoms with Crippen LogP contribution in [-0.2, 0) is 0 Å². The van der Waals surface area contributed by atoms with Gasteiger partial charge in [-0.15, -0.1) is 0 Å². The van der Waals surface area contributed by atoms with E-state index in [9.17, 15) is 9.18 Å². The van der Waals surface area contributed by atoms with Crippen LogP contribution in [-0.4, -0.2) is 36.5 Å². The first-order chi connectivity index (χ1) is 9.97. The van der Waals surface area contributed by atoms with Gasteiger partial charge in [0.1, 0.15) is 5.82 Å². The van der Waals surface area contributed by atoms with Gasteiger partial charge in [0.25, 0.3) is 5.91 Å². The summed E-state index contributed by atoms with van der Waals surface area (Å²) in [6.45, 7) is 6.78. The highest BCUT2D eigenvalue weighted by Crippen LogP contribution is 2.20. The molecule has 1 aliphatic rings. The van der Waals surface area contributed by atoms with Crippen molar-refractivity contribution in [3.05, 3.63) is 34.1 Å². The number of rotatable bonds is 4. The van der Waals surface area contributed by atoms with Crippen molar-refractivity contribution < 1.29 is 9.18 Å². The summed E-state index contributed by atoms with van der Waals surface area (Å²) in [6, 6.07) is 4.46. The van der Waals surface area contributed by atoms with Crippen LogP contribution < -0.4 is 5.32 Å². The van der Waals surface area contributed by atoms with E-state index in [-0.39, 0.29) is 11.9 Å². The van der Waals surface area contributed by atoms with Gasteiger partial charge in [0.2, 0.25) is 0 Å². The maximum absolute atomic E-state index is 13.5. The second-order valence-corrected chi connectivity index (χ2v) is 6.82. The number of halogens is 2. The SMILES string of the molecule is CC(C)N(CC1CCNCC1)C(=O)c1cc(F)cc(Br)c1. The molecule has 2 rings (SSSR count). The monoisotopic (exact) mass is 356 g/mol. The average Bonchev–Trinajstić information content (AvgIpc) is 2.44. The molecule has 0 unspecified atom stereocenters. The molecule has 1 aromatic carbocycles. The van der Waals surface area contributed by atoms with E-state index in [4.69, 9.17) is 0 Å². The molecule has 0 radical (unpaired) electrons. The molecule has 0 aliphatic carbocycles. The minimum Gasteiger partial charge on any atom is -0.336 e. The minimum atomic E-state index is -0.390. The standard InChI is InChI=1S/C16H22BrFN2O/c1-11(2)20(10-12-3-5-19-6-4-12)16(21)13-7-14(17)9-15(18)8-13/h7-9,11-12,19H,3-6,10H2,1-2H3. The normalized spacial score (nSPS) is 16.2. The molecule has 1 heterocycles. The zero-order valence-corrected chi connectivity index (χ0v) is 14.1. The number of benzene rings is 1. The molecule has 0 saturated carbocycles. The summed E-state index contributed by atoms with van der Waals surface area (Å²) in [6.07, 6.45) is 2.17. The van der Waals surface area contributed by atoms with E-state index < -0.39 is 5.82 Å². The fraction of sp³-hybridized carbons (Fsp3) is 0.562. The Morgan fingerprint density at radius 2 is 2.05 bits per heavy atom. The Morgan fingerprint density at radius 3 is 2.62 bits per heavy atom. The van der Waals surface area contributed by atoms with Gasteiger partial charge >= 0.3 is 0 Å². The second-order valence-electron chi connectivity index (χ2n) is 5.90. The number of carbonyl (C=O) groups is 1. The lowest BCUT2D eigenvalue weighted by Crippen LogP contribution is -2.43. The maximum Gasteiger partial charge on any atom is 0.254 e. The van der Waals surface area contributed by atoms with Crippen LogP contribution in [0.3, 0.4) is 0 Å². The fourth-order valence-electron chi connectivity index (χ4n) is 2.71. The lowest BCUT2D eigenvalue weighted by Gasteiger charge is -2.33. The number of amides is 1. The van der Waals surface area contributed by atoms with Crippen molar-refractivity contribution >= 4 is 21.8 Å². The Kier molecular flexibility index (Phi) is 5.76. The zero-order valence-electron chi connectivity index (χ0n) is 12.5. The molecule has 0 atom stereocenters. The van der Waals surface area contributed by atoms with Crippen LogP contribution in [0.4, 0.5) is 4.39 Å². The Hall–Kier alpha value is -0.940. The minimum absolute atomic E-state index is 0.0938. The largest absolute Gasteiger partial charge is 0.336 e. The van der Waals surface area contributed by atoms with E-state index in [2.05, 4.69) is 21.2 Å². The summed E-state index contributed by atoms with van der Waals surface area (Å²) < 4.78 is 14.1. The van der Waals surface area contributed by atoms with Crippen molar-refractivity contribution in [2.24, 2.45) is 5.92 Å². The Balaban J connectivity index is 2.14. The maximum atomic E-state index is 13.5. The summed E-state index contributed by atoms with van der Waals surface area (Å²) >= 11 is 3.25. The summed E-state index contributed by atoms with van der Waals surface area (Å²) in [5.74, 6) is 0.0385. The third kappa shape index (κ3) is 4.51. The van der Waals surface area contributed by atoms with E-state index in [1.807, 2.05) is 18.7 Å². The van der Waals surface area contributed by atoms with E-state index in [1.54, 1.807) is 6.07 Å². The van der Waals surface area contributed by atoms with Crippen LogP contribution in [0.15, 0.2) is 22.7 Å². The number of carbonyl (C=O) groups excluding carboxylic acids is 1. The van der Waals surface area contributed by atoms with E-state index >= 15 is 0 Å². The molecule has 116 valence electrons. The van der Waals surface area contributed by atoms with Gasteiger partial charge in [-0.05, 0) is 63.9 Å². The molecule has 1 N–H and O–H groups in total. The average molecular weight is 357 g/mol. The highest BCUT2D eigenvalue weighted by molar-refractivity contribution is 9.10. The third-order valence-electron chi connectivity index (χ3n) is 3.91. The van der Waals surface area contributed by atoms with Crippen LogP contribution in [0.5, 0.6) is 0 Å². The highest BCUT2D eigenvalue weighted by Gasteiger charge is 2.24. The number of hydrogen-bond donors (Lipinski definition) is 1. The quantitative estimate of drug-likeness (QED) is 0.895. The molecule has 1 aliphatic heterocycles. The molecule has 3 nitrogen and oxygen atoms in total. The number of nitrogens with one attached hydrogen (secondary N) is 1. The lowest BCUT2D eigenvalue weighted by molar-refractivity contribution is 0.0657. The Bertz CT molecular complexity index is 481. The number of hydrogen-bond acceptors (Lipinski definition) is 2. The van der Waals surface area contributed by atoms with Crippen LogP contribution >= 0.6 is 15.9 Å². The summed E-state index contributed by atoms with van der Waals surface area (Å²) in [5.41, 5.74) is 0.407. The predicted octanol–water partition coefficient (Wildman–Crippen LogP) is 3.44. The molecule has 21 heavy (non-hydrogen) atoms. The summed E-state index contributed by atoms with van der Waals surface area (Å²) in [4.78, 5) is 14.5. The number of piperidine rings is 1. The molecule has 0 aromatic heterocycles. The van der Waals surface area contributed by atoms with Gasteiger partial charge in [-0.3, -0.25) is 4.79 Å². The first-order valence-corrected chi connectivity index (χ1v) is 8.24. The van der Waals surface area contributed by atoms with Crippen molar-refractivity contribution in [2.75, 3.05) is 19.6 Å². The van der Waals surface area contributed by atoms with Crippen molar-refractivity contribution in [3.63, 3.8) is 0 Å². The van der Waals surface area contributed by atoms with Gasteiger partial charge in [-0.25, -0.2) is 4.39 Å². The van der Waals surface area contributed by atoms with Gasteiger partial charge in [0, 0.05) is 22.6 Å². The van der Waals surface area contributed by atoms with Gasteiger partial charge in [-0.2, -0.15) is 0 Å². The molecule has 1 saturated heterocycles. The fourth-order valence-corrected chi connectivity index (χ4v) is 3.18. The Morgan fingerprint density at radius 1 is 1.38 bits per heavy atom. The van der Waals surface area contributed by atoms with Gasteiger partial charge in [0.15, 0.2) is 0 Å². The molecule has 1 fully saturated rings. The molecule has 0 spiro atoms. The van der Waals surface area contributed by atoms with Crippen molar-refractivity contribution in [3.8, 4) is 0 Å². The second kappa shape index (κ2) is 7.36. The first-order valence-electron chi connectivity index (χ1n) is 7.45. The summed E-state index contributed by atoms with van der Waals surface area (Å²) in [5, 5.41) is 3.33. The zero-order chi connectivity index (χ0) is 15.4. The Labute approximate surface area is 134 Å². The van der Waals surface area contributed by atoms with Crippen LogP contribution in [0.25, 0.3) is 0 Å². The first kappa shape index (κ1) is 16.4. The van der Waals surface area contributed by atoms with Crippen molar-refractivity contribution in [1.29, 1.82) is 0 Å². The number of nitrogens with zero attached hydrogens (tertiary/aromatic N) is 1. The summed E-state index contributed by atoms with van der Waals surface area (Å²) in [7, 11) is 0. The highest BCUT2D eigenvalue weighted by atomic mass is 79.9. The topological polar surface area (TPSA) is 32.3 Å². The smallest absolute Gasteiger partial charge is 0.254 e. The molecule has 0 bridgehead atoms. The predicted molar refractivity (Wildman–Crippen MR) is 85.9 cm³/mol. The van der Waals surface area contributed by atoms with Crippen LogP contribution in [0.1, 0.15) is 37.0 Å². The van der Waals surface area contributed by atoms with Gasteiger partial charge in [-0.1, -0.05) is 15.9 Å². The third-order valence-corrected chi connectivity index (χ3v) is 4.37. The van der Waals surface area contributed by atoms with Gasteiger partial charge in [0.05, 0.1) is 0 Å². The molecule has 5 heteroatoms.